The SMILES string of the molecule is C[C@H](C1CCCC1c1ccccc1P(C(C)(C)C)C(C)(C)C)P(C(C)(C)C)C(C)(C)C. The van der Waals surface area contributed by atoms with Gasteiger partial charge in [-0.1, -0.05) is 137 Å². The van der Waals surface area contributed by atoms with Crippen LogP contribution in [0.25, 0.3) is 0 Å². The van der Waals surface area contributed by atoms with E-state index >= 15 is 0 Å². The van der Waals surface area contributed by atoms with Crippen molar-refractivity contribution >= 4 is 21.1 Å². The van der Waals surface area contributed by atoms with E-state index in [1.165, 1.54) is 19.3 Å². The molecule has 3 atom stereocenters. The molecule has 1 aromatic carbocycles. The topological polar surface area (TPSA) is 0 Å². The third kappa shape index (κ3) is 6.36. The van der Waals surface area contributed by atoms with Crippen molar-refractivity contribution in [3.63, 3.8) is 0 Å². The molecule has 0 aliphatic heterocycles. The molecule has 0 N–H and O–H groups in total. The molecule has 2 heteroatoms. The number of hydrogen-bond acceptors (Lipinski definition) is 0. The first-order valence-electron chi connectivity index (χ1n) is 12.6. The Balaban J connectivity index is 2.55. The van der Waals surface area contributed by atoms with E-state index in [1.54, 1.807) is 10.9 Å². The lowest BCUT2D eigenvalue weighted by Crippen LogP contribution is -2.36. The molecule has 0 aromatic heterocycles. The minimum Gasteiger partial charge on any atom is -0.0924 e. The van der Waals surface area contributed by atoms with Gasteiger partial charge in [0.25, 0.3) is 0 Å². The molecule has 0 heterocycles. The summed E-state index contributed by atoms with van der Waals surface area (Å²) in [5.41, 5.74) is 2.50. The van der Waals surface area contributed by atoms with Gasteiger partial charge in [0.15, 0.2) is 0 Å². The van der Waals surface area contributed by atoms with Crippen LogP contribution in [0.5, 0.6) is 0 Å². The zero-order chi connectivity index (χ0) is 24.0. The first-order valence-corrected chi connectivity index (χ1v) is 15.3. The van der Waals surface area contributed by atoms with Crippen LogP contribution in [0.4, 0.5) is 0 Å². The van der Waals surface area contributed by atoms with Gasteiger partial charge in [-0.05, 0) is 61.8 Å². The lowest BCUT2D eigenvalue weighted by molar-refractivity contribution is 0.467. The predicted molar refractivity (Wildman–Crippen MR) is 148 cm³/mol. The smallest absolute Gasteiger partial charge is 0.0121 e. The molecular weight excluding hydrogens is 410 g/mol. The summed E-state index contributed by atoms with van der Waals surface area (Å²) in [6, 6.07) is 9.62. The van der Waals surface area contributed by atoms with Crippen LogP contribution in [-0.4, -0.2) is 26.3 Å². The van der Waals surface area contributed by atoms with Crippen molar-refractivity contribution in [2.45, 2.75) is 141 Å². The van der Waals surface area contributed by atoms with Crippen LogP contribution < -0.4 is 5.30 Å². The standard InChI is InChI=1S/C29H52P2/c1-21(30(26(2,3)4)27(5,6)7)22-18-16-19-23(22)24-17-14-15-20-25(24)31(28(8,9)10)29(11,12)13/h14-15,17,20-23H,16,18-19H2,1-13H3/t21-,22?,23?/m1/s1. The fourth-order valence-electron chi connectivity index (χ4n) is 7.11. The number of rotatable bonds is 4. The summed E-state index contributed by atoms with van der Waals surface area (Å²) in [6.45, 7) is 32.4. The minimum atomic E-state index is -0.268. The quantitative estimate of drug-likeness (QED) is 0.391. The highest BCUT2D eigenvalue weighted by Gasteiger charge is 2.45. The van der Waals surface area contributed by atoms with Crippen molar-refractivity contribution < 1.29 is 0 Å². The van der Waals surface area contributed by atoms with Gasteiger partial charge < -0.3 is 0 Å². The van der Waals surface area contributed by atoms with E-state index in [2.05, 4.69) is 114 Å². The normalized spacial score (nSPS) is 22.4. The average molecular weight is 463 g/mol. The molecule has 0 amide bonds. The first kappa shape index (κ1) is 27.3. The second kappa shape index (κ2) is 9.38. The lowest BCUT2D eigenvalue weighted by Gasteiger charge is -2.49. The van der Waals surface area contributed by atoms with E-state index in [-0.39, 0.29) is 15.8 Å². The number of benzene rings is 1. The molecule has 178 valence electrons. The van der Waals surface area contributed by atoms with Crippen LogP contribution in [-0.2, 0) is 0 Å². The molecule has 1 aliphatic rings. The van der Waals surface area contributed by atoms with Gasteiger partial charge in [-0.25, -0.2) is 0 Å². The summed E-state index contributed by atoms with van der Waals surface area (Å²) >= 11 is 0. The van der Waals surface area contributed by atoms with Crippen molar-refractivity contribution in [1.29, 1.82) is 0 Å². The monoisotopic (exact) mass is 462 g/mol. The lowest BCUT2D eigenvalue weighted by atomic mass is 9.87. The average Bonchev–Trinajstić information content (AvgIpc) is 2.99. The highest BCUT2D eigenvalue weighted by molar-refractivity contribution is 7.68. The zero-order valence-electron chi connectivity index (χ0n) is 23.1. The maximum atomic E-state index is 2.62. The maximum Gasteiger partial charge on any atom is -0.0121 e. The third-order valence-corrected chi connectivity index (χ3v) is 14.6. The Bertz CT molecular complexity index is 693. The van der Waals surface area contributed by atoms with Crippen LogP contribution in [0, 0.1) is 5.92 Å². The molecule has 31 heavy (non-hydrogen) atoms. The van der Waals surface area contributed by atoms with Crippen molar-refractivity contribution in [2.24, 2.45) is 5.92 Å². The molecule has 0 radical (unpaired) electrons. The molecule has 0 bridgehead atoms. The fourth-order valence-corrected chi connectivity index (χ4v) is 16.5. The molecule has 2 rings (SSSR count). The van der Waals surface area contributed by atoms with Gasteiger partial charge in [-0.3, -0.25) is 0 Å². The number of hydrogen-bond donors (Lipinski definition) is 0. The molecule has 2 unspecified atom stereocenters. The molecule has 0 nitrogen and oxygen atoms in total. The van der Waals surface area contributed by atoms with Crippen molar-refractivity contribution in [3.05, 3.63) is 29.8 Å². The Kier molecular flexibility index (Phi) is 8.27. The van der Waals surface area contributed by atoms with Gasteiger partial charge in [0.05, 0.1) is 0 Å². The summed E-state index contributed by atoms with van der Waals surface area (Å²) in [5, 5.41) is 3.10. The van der Waals surface area contributed by atoms with Gasteiger partial charge in [0.2, 0.25) is 0 Å². The molecule has 1 aromatic rings. The highest BCUT2D eigenvalue weighted by atomic mass is 31.1. The van der Waals surface area contributed by atoms with E-state index in [4.69, 9.17) is 0 Å². The van der Waals surface area contributed by atoms with Crippen LogP contribution >= 0.6 is 15.8 Å². The Morgan fingerprint density at radius 3 is 1.65 bits per heavy atom. The van der Waals surface area contributed by atoms with E-state index in [0.717, 1.165) is 17.5 Å². The van der Waals surface area contributed by atoms with E-state index in [9.17, 15) is 0 Å². The predicted octanol–water partition coefficient (Wildman–Crippen LogP) is 9.74. The largest absolute Gasteiger partial charge is 0.0924 e. The van der Waals surface area contributed by atoms with Crippen molar-refractivity contribution in [3.8, 4) is 0 Å². The van der Waals surface area contributed by atoms with E-state index in [1.807, 2.05) is 0 Å². The van der Waals surface area contributed by atoms with Crippen molar-refractivity contribution in [1.82, 2.24) is 0 Å². The third-order valence-electron chi connectivity index (χ3n) is 6.96. The van der Waals surface area contributed by atoms with Crippen LogP contribution in [0.2, 0.25) is 0 Å². The van der Waals surface area contributed by atoms with E-state index in [0.29, 0.717) is 20.6 Å². The Hall–Kier alpha value is 0.0800. The summed E-state index contributed by atoms with van der Waals surface area (Å²) in [6.07, 6.45) is 4.18. The second-order valence-electron chi connectivity index (χ2n) is 13.9. The molecule has 1 saturated carbocycles. The van der Waals surface area contributed by atoms with Gasteiger partial charge in [0, 0.05) is 0 Å². The summed E-state index contributed by atoms with van der Waals surface area (Å²) in [4.78, 5) is 0. The Morgan fingerprint density at radius 2 is 1.19 bits per heavy atom. The summed E-state index contributed by atoms with van der Waals surface area (Å²) in [7, 11) is -0.365. The Morgan fingerprint density at radius 1 is 0.710 bits per heavy atom. The van der Waals surface area contributed by atoms with Crippen LogP contribution in [0.15, 0.2) is 24.3 Å². The summed E-state index contributed by atoms with van der Waals surface area (Å²) < 4.78 is 0. The fraction of sp³-hybridized carbons (Fsp3) is 0.793. The zero-order valence-corrected chi connectivity index (χ0v) is 24.8. The molecule has 0 spiro atoms. The van der Waals surface area contributed by atoms with Crippen LogP contribution in [0.3, 0.4) is 0 Å². The summed E-state index contributed by atoms with van der Waals surface area (Å²) in [5.74, 6) is 1.55. The first-order chi connectivity index (χ1) is 13.9. The highest BCUT2D eigenvalue weighted by Crippen LogP contribution is 2.67. The van der Waals surface area contributed by atoms with Gasteiger partial charge in [-0.2, -0.15) is 0 Å². The molecule has 1 fully saturated rings. The van der Waals surface area contributed by atoms with Gasteiger partial charge in [0.1, 0.15) is 0 Å². The maximum absolute atomic E-state index is 2.62. The van der Waals surface area contributed by atoms with Gasteiger partial charge >= 0.3 is 0 Å². The van der Waals surface area contributed by atoms with E-state index < -0.39 is 0 Å². The molecule has 0 saturated heterocycles. The Labute approximate surface area is 198 Å². The second-order valence-corrected chi connectivity index (χ2v) is 22.0. The minimum absolute atomic E-state index is 0.0968. The van der Waals surface area contributed by atoms with Crippen molar-refractivity contribution in [2.75, 3.05) is 0 Å². The van der Waals surface area contributed by atoms with Crippen LogP contribution in [0.1, 0.15) is 121 Å². The van der Waals surface area contributed by atoms with Gasteiger partial charge in [-0.15, -0.1) is 0 Å². The molecular formula is C29H52P2. The molecule has 1 aliphatic carbocycles.